The summed E-state index contributed by atoms with van der Waals surface area (Å²) in [5.41, 5.74) is -32.4. The normalized spacial score (nSPS) is 44.1. The Morgan fingerprint density at radius 1 is 0.588 bits per heavy atom. The van der Waals surface area contributed by atoms with Gasteiger partial charge in [0.25, 0.3) is 5.60 Å². The van der Waals surface area contributed by atoms with Gasteiger partial charge in [0, 0.05) is 0 Å². The first-order valence-electron chi connectivity index (χ1n) is 7.90. The fourth-order valence-corrected chi connectivity index (χ4v) is 4.36. The summed E-state index contributed by atoms with van der Waals surface area (Å²) in [6.07, 6.45) is -6.87. The van der Waals surface area contributed by atoms with Gasteiger partial charge in [0.05, 0.1) is 0 Å². The SMILES string of the molecule is O=C(CO)OC(F)(F)OC12C(F)(F)C3(F)C(F)(F)C(F)(C(F)(F)C(F)(C3(F)F)C1(F)F)C2(F)F. The molecule has 1 N–H and O–H groups in total. The molecule has 34 heavy (non-hydrogen) atoms. The number of halogens is 17. The maximum atomic E-state index is 14.7. The molecule has 21 heteroatoms. The molecule has 0 radical (unpaired) electrons. The molecule has 0 amide bonds. The van der Waals surface area contributed by atoms with Crippen molar-refractivity contribution in [1.29, 1.82) is 0 Å². The second kappa shape index (κ2) is 5.77. The monoisotopic (exact) mass is 546 g/mol. The average molecular weight is 546 g/mol. The minimum Gasteiger partial charge on any atom is -0.385 e. The summed E-state index contributed by atoms with van der Waals surface area (Å²) in [4.78, 5) is 10.6. The highest BCUT2D eigenvalue weighted by atomic mass is 19.3. The minimum atomic E-state index is -8.25. The van der Waals surface area contributed by atoms with Crippen LogP contribution < -0.4 is 0 Å². The Morgan fingerprint density at radius 3 is 1.09 bits per heavy atom. The number of esters is 1. The third kappa shape index (κ3) is 1.81. The lowest BCUT2D eigenvalue weighted by Crippen LogP contribution is -3.10. The van der Waals surface area contributed by atoms with Gasteiger partial charge in [-0.2, -0.15) is 52.7 Å². The van der Waals surface area contributed by atoms with Crippen LogP contribution in [0.3, 0.4) is 0 Å². The van der Waals surface area contributed by atoms with Crippen LogP contribution in [0.5, 0.6) is 0 Å². The molecule has 0 unspecified atom stereocenters. The maximum absolute atomic E-state index is 14.7. The summed E-state index contributed by atoms with van der Waals surface area (Å²) in [6.45, 7) is -2.28. The first-order valence-corrected chi connectivity index (χ1v) is 7.90. The number of aliphatic hydroxyl groups excluding tert-OH is 1. The van der Waals surface area contributed by atoms with E-state index in [-0.39, 0.29) is 0 Å². The highest BCUT2D eigenvalue weighted by molar-refractivity contribution is 5.70. The predicted octanol–water partition coefficient (Wildman–Crippen LogP) is 3.81. The number of alkyl halides is 17. The summed E-state index contributed by atoms with van der Waals surface area (Å²) in [5, 5.41) is 8.18. The number of aliphatic hydroxyl groups is 1. The zero-order chi connectivity index (χ0) is 27.2. The van der Waals surface area contributed by atoms with Gasteiger partial charge in [-0.3, -0.25) is 4.74 Å². The fraction of sp³-hybridized carbons (Fsp3) is 0.923. The van der Waals surface area contributed by atoms with E-state index in [0.717, 1.165) is 0 Å². The van der Waals surface area contributed by atoms with E-state index in [1.54, 1.807) is 0 Å². The maximum Gasteiger partial charge on any atom is 0.538 e. The average Bonchev–Trinajstić information content (AvgIpc) is 2.65. The van der Waals surface area contributed by atoms with Gasteiger partial charge >= 0.3 is 64.8 Å². The van der Waals surface area contributed by atoms with Gasteiger partial charge in [-0.15, -0.1) is 8.78 Å². The molecule has 0 aromatic heterocycles. The Kier molecular flexibility index (Phi) is 4.55. The van der Waals surface area contributed by atoms with Crippen molar-refractivity contribution in [3.63, 3.8) is 0 Å². The molecular weight excluding hydrogens is 543 g/mol. The molecule has 4 aliphatic carbocycles. The molecule has 4 saturated carbocycles. The van der Waals surface area contributed by atoms with E-state index in [1.807, 2.05) is 0 Å². The number of hydrogen-bond donors (Lipinski definition) is 1. The molecule has 0 heterocycles. The van der Waals surface area contributed by atoms with Gasteiger partial charge in [-0.1, -0.05) is 0 Å². The molecular formula is C13H3F17O4. The van der Waals surface area contributed by atoms with Gasteiger partial charge < -0.3 is 9.84 Å². The molecule has 0 aromatic rings. The molecule has 4 rings (SSSR count). The van der Waals surface area contributed by atoms with E-state index >= 15 is 0 Å². The Hall–Kier alpha value is -1.80. The van der Waals surface area contributed by atoms with Crippen LogP contribution in [0.1, 0.15) is 0 Å². The summed E-state index contributed by atoms with van der Waals surface area (Å²) >= 11 is 0. The van der Waals surface area contributed by atoms with Crippen molar-refractivity contribution >= 4 is 5.97 Å². The molecule has 0 aromatic carbocycles. The van der Waals surface area contributed by atoms with Crippen LogP contribution in [-0.4, -0.2) is 82.1 Å². The summed E-state index contributed by atoms with van der Waals surface area (Å²) < 4.78 is 248. The highest BCUT2D eigenvalue weighted by Crippen LogP contribution is 2.89. The molecule has 4 nitrogen and oxygen atoms in total. The van der Waals surface area contributed by atoms with Crippen LogP contribution in [0, 0.1) is 0 Å². The number of hydrogen-bond acceptors (Lipinski definition) is 4. The number of carbonyl (C=O) groups is 1. The Balaban J connectivity index is 2.58. The van der Waals surface area contributed by atoms with Gasteiger partial charge in [-0.05, 0) is 0 Å². The van der Waals surface area contributed by atoms with E-state index in [0.29, 0.717) is 0 Å². The summed E-state index contributed by atoms with van der Waals surface area (Å²) in [7, 11) is 0. The standard InChI is InChI=1S/C13H3F17O4/c14-3-7(17,18)4(15)9(21,22)5(16,8(3,19)20)12(27,28)6(10(3,23)24,11(4,25)26)34-13(29,30)33-2(32)1-31/h31H,1H2. The topological polar surface area (TPSA) is 55.8 Å². The van der Waals surface area contributed by atoms with Crippen LogP contribution in [0.25, 0.3) is 0 Å². The van der Waals surface area contributed by atoms with E-state index in [4.69, 9.17) is 5.11 Å². The van der Waals surface area contributed by atoms with Gasteiger partial charge in [0.1, 0.15) is 6.61 Å². The second-order valence-corrected chi connectivity index (χ2v) is 7.30. The van der Waals surface area contributed by atoms with Crippen molar-refractivity contribution < 1.29 is 94.0 Å². The van der Waals surface area contributed by atoms with Crippen molar-refractivity contribution in [3.8, 4) is 0 Å². The van der Waals surface area contributed by atoms with Gasteiger partial charge in [0.15, 0.2) is 0 Å². The summed E-state index contributed by atoms with van der Waals surface area (Å²) in [5.74, 6) is -52.2. The van der Waals surface area contributed by atoms with Crippen molar-refractivity contribution in [1.82, 2.24) is 0 Å². The van der Waals surface area contributed by atoms with Crippen LogP contribution in [0.4, 0.5) is 74.6 Å². The Morgan fingerprint density at radius 2 is 0.853 bits per heavy atom. The molecule has 0 spiro atoms. The Labute approximate surface area is 172 Å². The van der Waals surface area contributed by atoms with Gasteiger partial charge in [-0.25, -0.2) is 18.0 Å². The van der Waals surface area contributed by atoms with Crippen LogP contribution in [0.2, 0.25) is 0 Å². The first kappa shape index (κ1) is 26.8. The van der Waals surface area contributed by atoms with Crippen LogP contribution in [0.15, 0.2) is 0 Å². The molecule has 4 aliphatic rings. The number of carbonyl (C=O) groups excluding carboxylic acids is 1. The van der Waals surface area contributed by atoms with Crippen molar-refractivity contribution in [2.45, 2.75) is 64.4 Å². The van der Waals surface area contributed by atoms with Crippen LogP contribution in [-0.2, 0) is 14.3 Å². The molecule has 0 saturated heterocycles. The van der Waals surface area contributed by atoms with E-state index < -0.39 is 77.0 Å². The predicted molar refractivity (Wildman–Crippen MR) is 63.1 cm³/mol. The molecule has 0 atom stereocenters. The van der Waals surface area contributed by atoms with Crippen molar-refractivity contribution in [2.24, 2.45) is 0 Å². The lowest BCUT2D eigenvalue weighted by atomic mass is 9.40. The second-order valence-electron chi connectivity index (χ2n) is 7.30. The fourth-order valence-electron chi connectivity index (χ4n) is 4.36. The molecule has 198 valence electrons. The number of ether oxygens (including phenoxy) is 2. The van der Waals surface area contributed by atoms with Gasteiger partial charge in [0.2, 0.25) is 0 Å². The molecule has 0 aliphatic heterocycles. The van der Waals surface area contributed by atoms with Crippen LogP contribution >= 0.6 is 0 Å². The van der Waals surface area contributed by atoms with Crippen molar-refractivity contribution in [2.75, 3.05) is 6.61 Å². The minimum absolute atomic E-state index is 2.07. The summed E-state index contributed by atoms with van der Waals surface area (Å²) in [6, 6.07) is 0. The zero-order valence-corrected chi connectivity index (χ0v) is 14.8. The quantitative estimate of drug-likeness (QED) is 0.332. The smallest absolute Gasteiger partial charge is 0.385 e. The number of rotatable bonds is 4. The molecule has 4 bridgehead atoms. The van der Waals surface area contributed by atoms with E-state index in [1.165, 1.54) is 0 Å². The Bertz CT molecular complexity index is 831. The third-order valence-electron chi connectivity index (χ3n) is 5.85. The van der Waals surface area contributed by atoms with E-state index in [2.05, 4.69) is 9.47 Å². The molecule has 4 fully saturated rings. The highest BCUT2D eigenvalue weighted by Gasteiger charge is 3.23. The first-order chi connectivity index (χ1) is 14.7. The van der Waals surface area contributed by atoms with Crippen molar-refractivity contribution in [3.05, 3.63) is 0 Å². The largest absolute Gasteiger partial charge is 0.538 e. The lowest BCUT2D eigenvalue weighted by molar-refractivity contribution is -0.637. The zero-order valence-electron chi connectivity index (χ0n) is 14.8. The third-order valence-corrected chi connectivity index (χ3v) is 5.85. The van der Waals surface area contributed by atoms with E-state index in [9.17, 15) is 79.4 Å². The lowest BCUT2D eigenvalue weighted by Gasteiger charge is -2.74.